The second-order valence-electron chi connectivity index (χ2n) is 2.05. The van der Waals surface area contributed by atoms with Gasteiger partial charge in [0, 0.05) is 8.59 Å². The lowest BCUT2D eigenvalue weighted by molar-refractivity contribution is 0.209. The van der Waals surface area contributed by atoms with E-state index in [0.717, 1.165) is 3.57 Å². The van der Waals surface area contributed by atoms with Gasteiger partial charge in [0.2, 0.25) is 0 Å². The standard InChI is InChI=1S/C7H5ClINO2/c8-4-1-2-5(9)6(3-4)10-7(11)12/h1-3,10H,(H,11,12). The Kier molecular flexibility index (Phi) is 3.16. The van der Waals surface area contributed by atoms with E-state index >= 15 is 0 Å². The van der Waals surface area contributed by atoms with E-state index in [9.17, 15) is 4.79 Å². The lowest BCUT2D eigenvalue weighted by atomic mass is 10.3. The molecular formula is C7H5ClINO2. The highest BCUT2D eigenvalue weighted by molar-refractivity contribution is 14.1. The summed E-state index contributed by atoms with van der Waals surface area (Å²) in [6, 6.07) is 5.02. The summed E-state index contributed by atoms with van der Waals surface area (Å²) < 4.78 is 0.819. The number of carbonyl (C=O) groups is 1. The van der Waals surface area contributed by atoms with E-state index in [2.05, 4.69) is 5.32 Å². The maximum Gasteiger partial charge on any atom is 0.409 e. The van der Waals surface area contributed by atoms with Gasteiger partial charge in [-0.3, -0.25) is 5.32 Å². The summed E-state index contributed by atoms with van der Waals surface area (Å²) in [7, 11) is 0. The maximum absolute atomic E-state index is 10.3. The molecule has 0 saturated heterocycles. The van der Waals surface area contributed by atoms with Gasteiger partial charge < -0.3 is 5.11 Å². The van der Waals surface area contributed by atoms with Gasteiger partial charge in [-0.15, -0.1) is 0 Å². The van der Waals surface area contributed by atoms with Gasteiger partial charge in [-0.2, -0.15) is 0 Å². The minimum Gasteiger partial charge on any atom is -0.465 e. The number of anilines is 1. The first-order valence-corrected chi connectivity index (χ1v) is 4.50. The van der Waals surface area contributed by atoms with Gasteiger partial charge in [0.1, 0.15) is 0 Å². The molecule has 12 heavy (non-hydrogen) atoms. The van der Waals surface area contributed by atoms with Crippen molar-refractivity contribution in [3.05, 3.63) is 26.8 Å². The normalized spacial score (nSPS) is 9.50. The molecule has 3 nitrogen and oxygen atoms in total. The predicted molar refractivity (Wildman–Crippen MR) is 55.8 cm³/mol. The molecule has 0 fully saturated rings. The smallest absolute Gasteiger partial charge is 0.409 e. The Bertz CT molecular complexity index is 316. The van der Waals surface area contributed by atoms with Crippen LogP contribution in [0.2, 0.25) is 5.02 Å². The highest BCUT2D eigenvalue weighted by Crippen LogP contribution is 2.22. The van der Waals surface area contributed by atoms with Gasteiger partial charge in [0.15, 0.2) is 0 Å². The molecule has 1 amide bonds. The van der Waals surface area contributed by atoms with Gasteiger partial charge >= 0.3 is 6.09 Å². The highest BCUT2D eigenvalue weighted by atomic mass is 127. The molecule has 5 heteroatoms. The summed E-state index contributed by atoms with van der Waals surface area (Å²) in [5.74, 6) is 0. The molecule has 0 aliphatic heterocycles. The number of benzene rings is 1. The lowest BCUT2D eigenvalue weighted by Gasteiger charge is -2.03. The first-order chi connectivity index (χ1) is 5.59. The minimum atomic E-state index is -1.09. The van der Waals surface area contributed by atoms with E-state index in [1.165, 1.54) is 0 Å². The van der Waals surface area contributed by atoms with Gasteiger partial charge in [-0.25, -0.2) is 4.79 Å². The van der Waals surface area contributed by atoms with Gasteiger partial charge in [0.25, 0.3) is 0 Å². The Balaban J connectivity index is 2.97. The van der Waals surface area contributed by atoms with Crippen LogP contribution in [0, 0.1) is 3.57 Å². The largest absolute Gasteiger partial charge is 0.465 e. The van der Waals surface area contributed by atoms with E-state index < -0.39 is 6.09 Å². The topological polar surface area (TPSA) is 49.3 Å². The van der Waals surface area contributed by atoms with Crippen molar-refractivity contribution in [2.24, 2.45) is 0 Å². The lowest BCUT2D eigenvalue weighted by Crippen LogP contribution is -2.08. The predicted octanol–water partition coefficient (Wildman–Crippen LogP) is 3.03. The number of halogens is 2. The second kappa shape index (κ2) is 3.95. The zero-order valence-electron chi connectivity index (χ0n) is 5.84. The molecule has 1 aromatic rings. The first kappa shape index (κ1) is 9.60. The molecule has 0 aliphatic carbocycles. The van der Waals surface area contributed by atoms with E-state index in [1.807, 2.05) is 22.6 Å². The Labute approximate surface area is 87.9 Å². The van der Waals surface area contributed by atoms with Crippen LogP contribution < -0.4 is 5.32 Å². The molecule has 64 valence electrons. The van der Waals surface area contributed by atoms with Crippen LogP contribution in [0.5, 0.6) is 0 Å². The highest BCUT2D eigenvalue weighted by Gasteiger charge is 2.02. The van der Waals surface area contributed by atoms with Crippen molar-refractivity contribution in [3.63, 3.8) is 0 Å². The molecule has 1 aromatic carbocycles. The van der Waals surface area contributed by atoms with Crippen LogP contribution in [0.1, 0.15) is 0 Å². The Morgan fingerprint density at radius 1 is 1.58 bits per heavy atom. The zero-order chi connectivity index (χ0) is 9.14. The summed E-state index contributed by atoms with van der Waals surface area (Å²) in [6.07, 6.45) is -1.09. The third-order valence-electron chi connectivity index (χ3n) is 1.17. The number of carboxylic acid groups (broad SMARTS) is 1. The van der Waals surface area contributed by atoms with E-state index in [4.69, 9.17) is 16.7 Å². The fourth-order valence-corrected chi connectivity index (χ4v) is 1.35. The SMILES string of the molecule is O=C(O)Nc1cc(Cl)ccc1I. The van der Waals surface area contributed by atoms with Crippen molar-refractivity contribution in [1.82, 2.24) is 0 Å². The molecule has 0 unspecified atom stereocenters. The summed E-state index contributed by atoms with van der Waals surface area (Å²) in [5.41, 5.74) is 0.510. The van der Waals surface area contributed by atoms with Crippen LogP contribution >= 0.6 is 34.2 Å². The average molecular weight is 297 g/mol. The third-order valence-corrected chi connectivity index (χ3v) is 2.35. The minimum absolute atomic E-state index is 0.510. The van der Waals surface area contributed by atoms with Crippen molar-refractivity contribution in [2.45, 2.75) is 0 Å². The number of nitrogens with one attached hydrogen (secondary N) is 1. The van der Waals surface area contributed by atoms with Crippen molar-refractivity contribution >= 4 is 46.0 Å². The molecular weight excluding hydrogens is 292 g/mol. The van der Waals surface area contributed by atoms with E-state index in [-0.39, 0.29) is 0 Å². The molecule has 0 aliphatic rings. The van der Waals surface area contributed by atoms with Crippen LogP contribution in [-0.4, -0.2) is 11.2 Å². The maximum atomic E-state index is 10.3. The molecule has 1 rings (SSSR count). The number of rotatable bonds is 1. The van der Waals surface area contributed by atoms with E-state index in [0.29, 0.717) is 10.7 Å². The molecule has 0 atom stereocenters. The Hall–Kier alpha value is -0.490. The summed E-state index contributed by atoms with van der Waals surface area (Å²) in [4.78, 5) is 10.3. The van der Waals surface area contributed by atoms with E-state index in [1.54, 1.807) is 18.2 Å². The number of hydrogen-bond acceptors (Lipinski definition) is 1. The van der Waals surface area contributed by atoms with Gasteiger partial charge in [0.05, 0.1) is 5.69 Å². The zero-order valence-corrected chi connectivity index (χ0v) is 8.76. The van der Waals surface area contributed by atoms with Gasteiger partial charge in [-0.1, -0.05) is 11.6 Å². The quantitative estimate of drug-likeness (QED) is 0.783. The monoisotopic (exact) mass is 297 g/mol. The fourth-order valence-electron chi connectivity index (χ4n) is 0.708. The first-order valence-electron chi connectivity index (χ1n) is 3.04. The molecule has 0 saturated carbocycles. The fraction of sp³-hybridized carbons (Fsp3) is 0. The van der Waals surface area contributed by atoms with Crippen LogP contribution in [-0.2, 0) is 0 Å². The molecule has 0 aromatic heterocycles. The third kappa shape index (κ3) is 2.53. The summed E-state index contributed by atoms with van der Waals surface area (Å²) in [6.45, 7) is 0. The number of hydrogen-bond donors (Lipinski definition) is 2. The van der Waals surface area contributed by atoms with Crippen LogP contribution in [0.25, 0.3) is 0 Å². The van der Waals surface area contributed by atoms with Crippen LogP contribution in [0.3, 0.4) is 0 Å². The van der Waals surface area contributed by atoms with Crippen LogP contribution in [0.15, 0.2) is 18.2 Å². The van der Waals surface area contributed by atoms with Crippen molar-refractivity contribution in [3.8, 4) is 0 Å². The molecule has 0 spiro atoms. The summed E-state index contributed by atoms with van der Waals surface area (Å²) in [5, 5.41) is 11.2. The Morgan fingerprint density at radius 3 is 2.83 bits per heavy atom. The van der Waals surface area contributed by atoms with Crippen molar-refractivity contribution in [1.29, 1.82) is 0 Å². The molecule has 0 radical (unpaired) electrons. The molecule has 2 N–H and O–H groups in total. The van der Waals surface area contributed by atoms with Crippen molar-refractivity contribution < 1.29 is 9.90 Å². The van der Waals surface area contributed by atoms with Crippen molar-refractivity contribution in [2.75, 3.05) is 5.32 Å². The van der Waals surface area contributed by atoms with Gasteiger partial charge in [-0.05, 0) is 40.8 Å². The number of amides is 1. The Morgan fingerprint density at radius 2 is 2.25 bits per heavy atom. The molecule has 0 bridgehead atoms. The average Bonchev–Trinajstić information content (AvgIpc) is 1.96. The second-order valence-corrected chi connectivity index (χ2v) is 3.65. The van der Waals surface area contributed by atoms with Crippen LogP contribution in [0.4, 0.5) is 10.5 Å². The molecule has 0 heterocycles. The summed E-state index contributed by atoms with van der Waals surface area (Å²) >= 11 is 7.69.